The zero-order chi connectivity index (χ0) is 20.1. The average molecular weight is 382 g/mol. The lowest BCUT2D eigenvalue weighted by Gasteiger charge is -2.09. The van der Waals surface area contributed by atoms with Crippen LogP contribution in [-0.4, -0.2) is 16.8 Å². The Morgan fingerprint density at radius 1 is 0.786 bits per heavy atom. The summed E-state index contributed by atoms with van der Waals surface area (Å²) in [5.74, 6) is -2.50. The number of nitrogens with one attached hydrogen (secondary N) is 3. The Morgan fingerprint density at radius 2 is 1.43 bits per heavy atom. The maximum absolute atomic E-state index is 13.3. The molecular weight excluding hydrogens is 366 g/mol. The Labute approximate surface area is 159 Å². The Hall–Kier alpha value is -3.81. The van der Waals surface area contributed by atoms with E-state index in [2.05, 4.69) is 20.9 Å². The van der Waals surface area contributed by atoms with Gasteiger partial charge in [-0.3, -0.25) is 14.6 Å². The first kappa shape index (κ1) is 19.0. The molecule has 2 amide bonds. The first-order chi connectivity index (χ1) is 13.4. The lowest BCUT2D eigenvalue weighted by Crippen LogP contribution is -2.12. The van der Waals surface area contributed by atoms with Crippen LogP contribution in [0.15, 0.2) is 60.9 Å². The zero-order valence-electron chi connectivity index (χ0n) is 14.8. The molecule has 1 heterocycles. The van der Waals surface area contributed by atoms with Gasteiger partial charge in [-0.25, -0.2) is 8.78 Å². The quantitative estimate of drug-likeness (QED) is 0.614. The molecule has 0 unspecified atom stereocenters. The fraction of sp³-hybridized carbons (Fsp3) is 0.0500. The number of hydrogen-bond acceptors (Lipinski definition) is 4. The molecule has 0 saturated heterocycles. The molecule has 0 bridgehead atoms. The fourth-order valence-electron chi connectivity index (χ4n) is 2.42. The number of carbonyl (C=O) groups excluding carboxylic acids is 2. The number of rotatable bonds is 5. The van der Waals surface area contributed by atoms with Crippen LogP contribution in [0.3, 0.4) is 0 Å². The van der Waals surface area contributed by atoms with Crippen LogP contribution in [0.5, 0.6) is 0 Å². The van der Waals surface area contributed by atoms with Gasteiger partial charge in [-0.2, -0.15) is 0 Å². The summed E-state index contributed by atoms with van der Waals surface area (Å²) in [5, 5.41) is 8.22. The van der Waals surface area contributed by atoms with E-state index in [9.17, 15) is 18.4 Å². The van der Waals surface area contributed by atoms with Crippen LogP contribution in [-0.2, 0) is 4.79 Å². The number of carbonyl (C=O) groups is 2. The number of amides is 2. The average Bonchev–Trinajstić information content (AvgIpc) is 2.66. The minimum absolute atomic E-state index is 0.187. The van der Waals surface area contributed by atoms with Crippen molar-refractivity contribution in [1.82, 2.24) is 4.98 Å². The van der Waals surface area contributed by atoms with Crippen molar-refractivity contribution in [2.24, 2.45) is 0 Å². The molecule has 3 N–H and O–H groups in total. The number of hydrogen-bond donors (Lipinski definition) is 3. The Morgan fingerprint density at radius 3 is 2.07 bits per heavy atom. The summed E-state index contributed by atoms with van der Waals surface area (Å²) in [4.78, 5) is 27.4. The summed E-state index contributed by atoms with van der Waals surface area (Å²) >= 11 is 0. The van der Waals surface area contributed by atoms with E-state index < -0.39 is 17.5 Å². The third-order valence-corrected chi connectivity index (χ3v) is 3.67. The molecule has 3 rings (SSSR count). The van der Waals surface area contributed by atoms with Crippen LogP contribution >= 0.6 is 0 Å². The Kier molecular flexibility index (Phi) is 5.59. The van der Waals surface area contributed by atoms with Crippen molar-refractivity contribution in [1.29, 1.82) is 0 Å². The highest BCUT2D eigenvalue weighted by molar-refractivity contribution is 6.04. The molecule has 28 heavy (non-hydrogen) atoms. The second-order valence-electron chi connectivity index (χ2n) is 5.93. The van der Waals surface area contributed by atoms with Gasteiger partial charge in [0.2, 0.25) is 5.91 Å². The number of pyridine rings is 1. The zero-order valence-corrected chi connectivity index (χ0v) is 14.8. The molecular formula is C20H16F2N4O2. The summed E-state index contributed by atoms with van der Waals surface area (Å²) in [6.45, 7) is 1.41. The van der Waals surface area contributed by atoms with Crippen LogP contribution in [0.2, 0.25) is 0 Å². The highest BCUT2D eigenvalue weighted by Crippen LogP contribution is 2.20. The lowest BCUT2D eigenvalue weighted by molar-refractivity contribution is -0.114. The van der Waals surface area contributed by atoms with Gasteiger partial charge in [0, 0.05) is 36.2 Å². The SMILES string of the molecule is CC(=O)Nc1ccc(NC(=O)c2cncc(Nc3ccc(F)c(F)c3)c2)cc1. The Bertz CT molecular complexity index is 1020. The molecule has 6 nitrogen and oxygen atoms in total. The molecule has 8 heteroatoms. The van der Waals surface area contributed by atoms with Gasteiger partial charge < -0.3 is 16.0 Å². The van der Waals surface area contributed by atoms with E-state index in [1.807, 2.05) is 0 Å². The highest BCUT2D eigenvalue weighted by Gasteiger charge is 2.09. The first-order valence-corrected chi connectivity index (χ1v) is 8.27. The van der Waals surface area contributed by atoms with Crippen LogP contribution in [0.25, 0.3) is 0 Å². The number of aromatic nitrogens is 1. The molecule has 0 atom stereocenters. The van der Waals surface area contributed by atoms with E-state index in [0.717, 1.165) is 12.1 Å². The van der Waals surface area contributed by atoms with Crippen molar-refractivity contribution >= 4 is 34.6 Å². The largest absolute Gasteiger partial charge is 0.354 e. The lowest BCUT2D eigenvalue weighted by atomic mass is 10.2. The predicted molar refractivity (Wildman–Crippen MR) is 103 cm³/mol. The van der Waals surface area contributed by atoms with Gasteiger partial charge in [0.05, 0.1) is 17.4 Å². The predicted octanol–water partition coefficient (Wildman–Crippen LogP) is 4.31. The van der Waals surface area contributed by atoms with Gasteiger partial charge in [0.1, 0.15) is 0 Å². The van der Waals surface area contributed by atoms with Gasteiger partial charge in [-0.15, -0.1) is 0 Å². The van der Waals surface area contributed by atoms with Gasteiger partial charge in [0.15, 0.2) is 11.6 Å². The molecule has 0 aliphatic heterocycles. The van der Waals surface area contributed by atoms with Crippen LogP contribution in [0, 0.1) is 11.6 Å². The van der Waals surface area contributed by atoms with Gasteiger partial charge in [-0.05, 0) is 42.5 Å². The van der Waals surface area contributed by atoms with E-state index in [0.29, 0.717) is 22.7 Å². The minimum Gasteiger partial charge on any atom is -0.354 e. The summed E-state index contributed by atoms with van der Waals surface area (Å²) in [6.07, 6.45) is 2.84. The second-order valence-corrected chi connectivity index (χ2v) is 5.93. The van der Waals surface area contributed by atoms with E-state index in [4.69, 9.17) is 0 Å². The van der Waals surface area contributed by atoms with Crippen molar-refractivity contribution in [2.45, 2.75) is 6.92 Å². The van der Waals surface area contributed by atoms with Crippen molar-refractivity contribution in [3.8, 4) is 0 Å². The van der Waals surface area contributed by atoms with E-state index in [1.165, 1.54) is 31.5 Å². The van der Waals surface area contributed by atoms with Crippen molar-refractivity contribution < 1.29 is 18.4 Å². The molecule has 0 fully saturated rings. The topological polar surface area (TPSA) is 83.1 Å². The molecule has 142 valence electrons. The number of nitrogens with zero attached hydrogens (tertiary/aromatic N) is 1. The molecule has 3 aromatic rings. The minimum atomic E-state index is -0.977. The molecule has 0 aliphatic carbocycles. The fourth-order valence-corrected chi connectivity index (χ4v) is 2.42. The van der Waals surface area contributed by atoms with Crippen LogP contribution in [0.4, 0.5) is 31.5 Å². The third kappa shape index (κ3) is 4.88. The molecule has 0 saturated carbocycles. The van der Waals surface area contributed by atoms with Crippen molar-refractivity contribution in [2.75, 3.05) is 16.0 Å². The van der Waals surface area contributed by atoms with Crippen molar-refractivity contribution in [3.63, 3.8) is 0 Å². The molecule has 0 radical (unpaired) electrons. The summed E-state index contributed by atoms with van der Waals surface area (Å²) in [5.41, 5.74) is 2.20. The normalized spacial score (nSPS) is 10.2. The number of anilines is 4. The summed E-state index contributed by atoms with van der Waals surface area (Å²) in [7, 11) is 0. The monoisotopic (exact) mass is 382 g/mol. The maximum Gasteiger partial charge on any atom is 0.257 e. The van der Waals surface area contributed by atoms with Gasteiger partial charge >= 0.3 is 0 Å². The Balaban J connectivity index is 1.69. The number of halogens is 2. The first-order valence-electron chi connectivity index (χ1n) is 8.27. The summed E-state index contributed by atoms with van der Waals surface area (Å²) in [6, 6.07) is 11.6. The third-order valence-electron chi connectivity index (χ3n) is 3.67. The van der Waals surface area contributed by atoms with E-state index >= 15 is 0 Å². The van der Waals surface area contributed by atoms with E-state index in [-0.39, 0.29) is 11.5 Å². The van der Waals surface area contributed by atoms with Gasteiger partial charge in [-0.1, -0.05) is 0 Å². The van der Waals surface area contributed by atoms with E-state index in [1.54, 1.807) is 24.3 Å². The van der Waals surface area contributed by atoms with Gasteiger partial charge in [0.25, 0.3) is 5.91 Å². The summed E-state index contributed by atoms with van der Waals surface area (Å²) < 4.78 is 26.3. The van der Waals surface area contributed by atoms with Crippen molar-refractivity contribution in [3.05, 3.63) is 78.1 Å². The molecule has 1 aromatic heterocycles. The molecule has 0 aliphatic rings. The smallest absolute Gasteiger partial charge is 0.257 e. The molecule has 2 aromatic carbocycles. The maximum atomic E-state index is 13.3. The van der Waals surface area contributed by atoms with Crippen LogP contribution in [0.1, 0.15) is 17.3 Å². The number of benzene rings is 2. The highest BCUT2D eigenvalue weighted by atomic mass is 19.2. The standard InChI is InChI=1S/C20H16F2N4O2/c1-12(27)24-14-2-4-15(5-3-14)26-20(28)13-8-17(11-23-10-13)25-16-6-7-18(21)19(22)9-16/h2-11,25H,1H3,(H,24,27)(H,26,28). The van der Waals surface area contributed by atoms with Crippen LogP contribution < -0.4 is 16.0 Å². The second kappa shape index (κ2) is 8.26. The molecule has 0 spiro atoms.